The number of likely N-dealkylation sites (N-methyl/N-ethyl adjacent to an activating group) is 3. The van der Waals surface area contributed by atoms with E-state index < -0.39 is 0 Å². The lowest BCUT2D eigenvalue weighted by Gasteiger charge is -2.43. The molecule has 1 aromatic carbocycles. The van der Waals surface area contributed by atoms with Crippen molar-refractivity contribution in [1.82, 2.24) is 14.7 Å². The fourth-order valence-corrected chi connectivity index (χ4v) is 6.63. The van der Waals surface area contributed by atoms with Gasteiger partial charge in [0, 0.05) is 19.6 Å². The molecule has 0 spiro atoms. The maximum Gasteiger partial charge on any atom is 0.147 e. The van der Waals surface area contributed by atoms with E-state index in [2.05, 4.69) is 52.1 Å². The Hall–Kier alpha value is -2.15. The molecule has 38 heavy (non-hydrogen) atoms. The first-order valence-electron chi connectivity index (χ1n) is 14.4. The highest BCUT2D eigenvalue weighted by Crippen LogP contribution is 2.38. The summed E-state index contributed by atoms with van der Waals surface area (Å²) in [6.07, 6.45) is 12.6. The largest absolute Gasteiger partial charge is 0.298 e. The van der Waals surface area contributed by atoms with Gasteiger partial charge in [-0.1, -0.05) is 55.7 Å². The van der Waals surface area contributed by atoms with E-state index in [4.69, 9.17) is 0 Å². The molecular weight excluding hydrogens is 474 g/mol. The van der Waals surface area contributed by atoms with E-state index in [9.17, 15) is 14.4 Å². The van der Waals surface area contributed by atoms with Gasteiger partial charge in [-0.15, -0.1) is 0 Å². The molecule has 0 amide bonds. The number of carbonyl (C=O) groups excluding carboxylic acids is 3. The summed E-state index contributed by atoms with van der Waals surface area (Å²) in [4.78, 5) is 40.2. The van der Waals surface area contributed by atoms with Crippen molar-refractivity contribution in [3.05, 3.63) is 47.5 Å². The third-order valence-corrected chi connectivity index (χ3v) is 8.99. The Morgan fingerprint density at radius 1 is 0.711 bits per heavy atom. The third kappa shape index (κ3) is 8.17. The molecule has 5 rings (SSSR count). The second-order valence-electron chi connectivity index (χ2n) is 11.9. The van der Waals surface area contributed by atoms with Crippen LogP contribution in [0.4, 0.5) is 0 Å². The second-order valence-corrected chi connectivity index (χ2v) is 11.9. The third-order valence-electron chi connectivity index (χ3n) is 8.99. The van der Waals surface area contributed by atoms with Gasteiger partial charge in [0.25, 0.3) is 0 Å². The lowest BCUT2D eigenvalue weighted by atomic mass is 9.72. The fraction of sp³-hybridized carbons (Fsp3) is 0.656. The van der Waals surface area contributed by atoms with Crippen molar-refractivity contribution in [3.63, 3.8) is 0 Å². The van der Waals surface area contributed by atoms with Crippen LogP contribution in [0.5, 0.6) is 0 Å². The van der Waals surface area contributed by atoms with Gasteiger partial charge in [-0.05, 0) is 90.6 Å². The van der Waals surface area contributed by atoms with Gasteiger partial charge in [-0.3, -0.25) is 29.1 Å². The van der Waals surface area contributed by atoms with Gasteiger partial charge in [0.2, 0.25) is 0 Å². The van der Waals surface area contributed by atoms with E-state index in [0.717, 1.165) is 50.7 Å². The summed E-state index contributed by atoms with van der Waals surface area (Å²) in [5.41, 5.74) is 2.68. The molecule has 1 aliphatic carbocycles. The van der Waals surface area contributed by atoms with Gasteiger partial charge >= 0.3 is 0 Å². The number of rotatable bonds is 3. The summed E-state index contributed by atoms with van der Waals surface area (Å²) in [6, 6.07) is 8.78. The number of piperidine rings is 1. The summed E-state index contributed by atoms with van der Waals surface area (Å²) in [5.74, 6) is 2.61. The van der Waals surface area contributed by atoms with E-state index in [1.54, 1.807) is 20.8 Å². The zero-order valence-corrected chi connectivity index (χ0v) is 24.5. The summed E-state index contributed by atoms with van der Waals surface area (Å²) < 4.78 is 0. The summed E-state index contributed by atoms with van der Waals surface area (Å²) >= 11 is 0. The molecule has 4 aliphatic rings. The Morgan fingerprint density at radius 3 is 1.89 bits per heavy atom. The SMILES string of the molecule is CC(=O)C1CC2CCCCC2CN1C.CC(=O)C1CC=CCN1C.CC(=O)C1Cc2ccccc2CN1C. The van der Waals surface area contributed by atoms with Crippen LogP contribution in [0.1, 0.15) is 70.4 Å². The molecule has 1 aromatic rings. The average molecular weight is 524 g/mol. The van der Waals surface area contributed by atoms with E-state index in [0.29, 0.717) is 5.78 Å². The zero-order chi connectivity index (χ0) is 27.8. The molecule has 210 valence electrons. The Bertz CT molecular complexity index is 990. The van der Waals surface area contributed by atoms with Crippen LogP contribution in [0.3, 0.4) is 0 Å². The number of Topliss-reactive ketones (excluding diaryl/α,β-unsaturated/α-hetero) is 3. The molecule has 3 heterocycles. The lowest BCUT2D eigenvalue weighted by Crippen LogP contribution is -2.49. The van der Waals surface area contributed by atoms with Gasteiger partial charge in [0.1, 0.15) is 17.3 Å². The van der Waals surface area contributed by atoms with Crippen LogP contribution in [-0.4, -0.2) is 84.4 Å². The smallest absolute Gasteiger partial charge is 0.147 e. The van der Waals surface area contributed by atoms with E-state index >= 15 is 0 Å². The zero-order valence-electron chi connectivity index (χ0n) is 24.5. The van der Waals surface area contributed by atoms with Crippen LogP contribution in [-0.2, 0) is 27.3 Å². The highest BCUT2D eigenvalue weighted by atomic mass is 16.1. The molecule has 3 aliphatic heterocycles. The van der Waals surface area contributed by atoms with Gasteiger partial charge in [-0.2, -0.15) is 0 Å². The topological polar surface area (TPSA) is 60.9 Å². The van der Waals surface area contributed by atoms with Crippen molar-refractivity contribution in [3.8, 4) is 0 Å². The van der Waals surface area contributed by atoms with Gasteiger partial charge in [0.15, 0.2) is 0 Å². The summed E-state index contributed by atoms with van der Waals surface area (Å²) in [5, 5.41) is 0. The maximum absolute atomic E-state index is 11.4. The number of carbonyl (C=O) groups is 3. The minimum atomic E-state index is 0.0740. The molecule has 5 atom stereocenters. The number of hydrogen-bond acceptors (Lipinski definition) is 6. The average Bonchev–Trinajstić information content (AvgIpc) is 2.88. The summed E-state index contributed by atoms with van der Waals surface area (Å²) in [7, 11) is 6.11. The molecule has 1 saturated carbocycles. The Balaban J connectivity index is 0.000000161. The highest BCUT2D eigenvalue weighted by Gasteiger charge is 2.36. The van der Waals surface area contributed by atoms with Crippen LogP contribution in [0.2, 0.25) is 0 Å². The summed E-state index contributed by atoms with van der Waals surface area (Å²) in [6.45, 7) is 8.01. The minimum absolute atomic E-state index is 0.0740. The normalized spacial score (nSPS) is 29.5. The van der Waals surface area contributed by atoms with Crippen molar-refractivity contribution in [1.29, 1.82) is 0 Å². The van der Waals surface area contributed by atoms with Crippen LogP contribution in [0.15, 0.2) is 36.4 Å². The maximum atomic E-state index is 11.4. The molecule has 0 N–H and O–H groups in total. The first-order chi connectivity index (χ1) is 18.1. The first kappa shape index (κ1) is 30.4. The predicted molar refractivity (Wildman–Crippen MR) is 154 cm³/mol. The molecule has 0 radical (unpaired) electrons. The van der Waals surface area contributed by atoms with Crippen molar-refractivity contribution in [2.75, 3.05) is 34.2 Å². The predicted octanol–water partition coefficient (Wildman–Crippen LogP) is 4.55. The molecule has 2 fully saturated rings. The van der Waals surface area contributed by atoms with Crippen LogP contribution in [0, 0.1) is 11.8 Å². The van der Waals surface area contributed by atoms with Gasteiger partial charge in [-0.25, -0.2) is 0 Å². The number of benzene rings is 1. The molecule has 6 nitrogen and oxygen atoms in total. The number of hydrogen-bond donors (Lipinski definition) is 0. The second kappa shape index (κ2) is 14.3. The van der Waals surface area contributed by atoms with Crippen molar-refractivity contribution in [2.45, 2.75) is 90.4 Å². The Morgan fingerprint density at radius 2 is 1.32 bits per heavy atom. The van der Waals surface area contributed by atoms with E-state index in [-0.39, 0.29) is 29.7 Å². The van der Waals surface area contributed by atoms with Gasteiger partial charge < -0.3 is 0 Å². The van der Waals surface area contributed by atoms with Crippen LogP contribution < -0.4 is 0 Å². The number of nitrogens with zero attached hydrogens (tertiary/aromatic N) is 3. The van der Waals surface area contributed by atoms with Gasteiger partial charge in [0.05, 0.1) is 18.1 Å². The lowest BCUT2D eigenvalue weighted by molar-refractivity contribution is -0.125. The Kier molecular flexibility index (Phi) is 11.4. The van der Waals surface area contributed by atoms with Crippen molar-refractivity contribution < 1.29 is 14.4 Å². The van der Waals surface area contributed by atoms with Crippen molar-refractivity contribution in [2.24, 2.45) is 11.8 Å². The van der Waals surface area contributed by atoms with Crippen LogP contribution in [0.25, 0.3) is 0 Å². The van der Waals surface area contributed by atoms with Crippen molar-refractivity contribution >= 4 is 17.3 Å². The molecule has 1 saturated heterocycles. The first-order valence-corrected chi connectivity index (χ1v) is 14.4. The molecule has 0 aromatic heterocycles. The number of fused-ring (bicyclic) bond motifs is 2. The quantitative estimate of drug-likeness (QED) is 0.542. The molecule has 5 unspecified atom stereocenters. The van der Waals surface area contributed by atoms with Crippen LogP contribution >= 0.6 is 0 Å². The number of likely N-dealkylation sites (tertiary alicyclic amines) is 1. The molecular formula is C32H49N3O3. The monoisotopic (exact) mass is 523 g/mol. The molecule has 6 heteroatoms. The minimum Gasteiger partial charge on any atom is -0.298 e. The number of ketones is 3. The van der Waals surface area contributed by atoms with E-state index in [1.807, 2.05) is 20.2 Å². The fourth-order valence-electron chi connectivity index (χ4n) is 6.63. The Labute approximate surface area is 230 Å². The standard InChI is InChI=1S/C12H21NO.C12H15NO.C8H13NO/c2*1-9(14)12-7-10-5-3-4-6-11(10)8-13(12)2;1-7(10)8-5-3-4-6-9(8)2/h10-12H,3-8H2,1-2H3;3-6,12H,7-8H2,1-2H3;3-4,8H,5-6H2,1-2H3. The highest BCUT2D eigenvalue weighted by molar-refractivity contribution is 5.82. The molecule has 0 bridgehead atoms. The van der Waals surface area contributed by atoms with E-state index in [1.165, 1.54) is 36.8 Å².